The van der Waals surface area contributed by atoms with Crippen LogP contribution < -0.4 is 4.74 Å². The van der Waals surface area contributed by atoms with Crippen molar-refractivity contribution in [3.05, 3.63) is 58.2 Å². The van der Waals surface area contributed by atoms with Crippen molar-refractivity contribution in [1.82, 2.24) is 9.97 Å². The van der Waals surface area contributed by atoms with Gasteiger partial charge in [0.1, 0.15) is 0 Å². The summed E-state index contributed by atoms with van der Waals surface area (Å²) in [6.07, 6.45) is 3.26. The van der Waals surface area contributed by atoms with E-state index >= 15 is 0 Å². The van der Waals surface area contributed by atoms with Crippen LogP contribution >= 0.6 is 0 Å². The molecular weight excluding hydrogens is 286 g/mol. The van der Waals surface area contributed by atoms with E-state index in [-0.39, 0.29) is 22.8 Å². The van der Waals surface area contributed by atoms with Crippen molar-refractivity contribution in [2.24, 2.45) is 0 Å². The molecule has 0 aliphatic carbocycles. The number of nitro groups is 1. The van der Waals surface area contributed by atoms with Crippen molar-refractivity contribution in [3.8, 4) is 17.6 Å². The number of nitro benzene ring substituents is 1. The second kappa shape index (κ2) is 5.54. The third-order valence-electron chi connectivity index (χ3n) is 2.87. The highest BCUT2D eigenvalue weighted by molar-refractivity contribution is 5.85. The fraction of sp³-hybridized carbons (Fsp3) is 0.0667. The van der Waals surface area contributed by atoms with Gasteiger partial charge in [0.15, 0.2) is 11.1 Å². The fourth-order valence-electron chi connectivity index (χ4n) is 1.92. The molecule has 0 saturated heterocycles. The molecule has 0 aliphatic rings. The maximum absolute atomic E-state index is 11.0. The smallest absolute Gasteiger partial charge is 0.313 e. The molecule has 7 heteroatoms. The van der Waals surface area contributed by atoms with E-state index in [4.69, 9.17) is 9.15 Å². The van der Waals surface area contributed by atoms with Gasteiger partial charge < -0.3 is 9.15 Å². The second-order valence-corrected chi connectivity index (χ2v) is 4.23. The van der Waals surface area contributed by atoms with Crippen molar-refractivity contribution in [3.63, 3.8) is 0 Å². The van der Waals surface area contributed by atoms with Gasteiger partial charge in [-0.1, -0.05) is 5.92 Å². The molecule has 0 spiro atoms. The highest BCUT2D eigenvalue weighted by Crippen LogP contribution is 2.34. The Kier molecular flexibility index (Phi) is 3.42. The lowest BCUT2D eigenvalue weighted by atomic mass is 10.2. The Morgan fingerprint density at radius 3 is 2.86 bits per heavy atom. The molecule has 0 saturated carbocycles. The van der Waals surface area contributed by atoms with Gasteiger partial charge in [0.25, 0.3) is 5.89 Å². The monoisotopic (exact) mass is 295 g/mol. The number of methoxy groups -OCH3 is 1. The number of nitrogens with zero attached hydrogens (tertiary/aromatic N) is 3. The van der Waals surface area contributed by atoms with E-state index in [1.54, 1.807) is 24.5 Å². The summed E-state index contributed by atoms with van der Waals surface area (Å²) in [7, 11) is 1.34. The molecule has 1 aromatic carbocycles. The van der Waals surface area contributed by atoms with E-state index < -0.39 is 4.92 Å². The summed E-state index contributed by atoms with van der Waals surface area (Å²) < 4.78 is 10.5. The van der Waals surface area contributed by atoms with Crippen LogP contribution in [-0.2, 0) is 0 Å². The summed E-state index contributed by atoms with van der Waals surface area (Å²) in [4.78, 5) is 18.5. The molecule has 2 heterocycles. The molecule has 3 rings (SSSR count). The molecule has 7 nitrogen and oxygen atoms in total. The maximum Gasteiger partial charge on any atom is 0.313 e. The first-order chi connectivity index (χ1) is 10.7. The van der Waals surface area contributed by atoms with Gasteiger partial charge in [0, 0.05) is 24.0 Å². The Balaban J connectivity index is 2.07. The summed E-state index contributed by atoms with van der Waals surface area (Å²) in [5.41, 5.74) is 1.18. The van der Waals surface area contributed by atoms with Gasteiger partial charge in [-0.2, -0.15) is 4.98 Å². The molecule has 0 radical (unpaired) electrons. The minimum Gasteiger partial charge on any atom is -0.489 e. The Morgan fingerprint density at radius 2 is 2.18 bits per heavy atom. The number of fused-ring (bicyclic) bond motifs is 1. The van der Waals surface area contributed by atoms with E-state index in [9.17, 15) is 10.1 Å². The van der Waals surface area contributed by atoms with Gasteiger partial charge in [0.2, 0.25) is 5.75 Å². The second-order valence-electron chi connectivity index (χ2n) is 4.23. The van der Waals surface area contributed by atoms with Crippen LogP contribution in [0.3, 0.4) is 0 Å². The Labute approximate surface area is 124 Å². The molecule has 0 N–H and O–H groups in total. The highest BCUT2D eigenvalue weighted by Gasteiger charge is 2.21. The van der Waals surface area contributed by atoms with Crippen molar-refractivity contribution >= 4 is 16.8 Å². The number of oxazole rings is 1. The summed E-state index contributed by atoms with van der Waals surface area (Å²) >= 11 is 0. The standard InChI is InChI=1S/C15H9N3O4/c1-21-15-11(18(19)20)5-6-12-14(15)17-13(22-12)7-4-10-3-2-8-16-9-10/h2-3,5-6,8-9H,1H3. The zero-order chi connectivity index (χ0) is 15.5. The number of aromatic nitrogens is 2. The SMILES string of the molecule is COc1c([N+](=O)[O-])ccc2oc(C#Cc3cccnc3)nc12. The Bertz CT molecular complexity index is 907. The van der Waals surface area contributed by atoms with Gasteiger partial charge in [-0.05, 0) is 24.1 Å². The molecule has 0 bridgehead atoms. The molecule has 0 atom stereocenters. The van der Waals surface area contributed by atoms with E-state index in [0.717, 1.165) is 0 Å². The molecule has 0 unspecified atom stereocenters. The zero-order valence-corrected chi connectivity index (χ0v) is 11.4. The van der Waals surface area contributed by atoms with Crippen molar-refractivity contribution in [2.75, 3.05) is 7.11 Å². The normalized spacial score (nSPS) is 10.0. The van der Waals surface area contributed by atoms with Crippen LogP contribution in [0.4, 0.5) is 5.69 Å². The van der Waals surface area contributed by atoms with Crippen LogP contribution in [0, 0.1) is 22.0 Å². The lowest BCUT2D eigenvalue weighted by molar-refractivity contribution is -0.385. The van der Waals surface area contributed by atoms with Gasteiger partial charge in [-0.3, -0.25) is 15.1 Å². The van der Waals surface area contributed by atoms with E-state index in [1.165, 1.54) is 19.2 Å². The molecule has 0 fully saturated rings. The average molecular weight is 295 g/mol. The van der Waals surface area contributed by atoms with Gasteiger partial charge in [0.05, 0.1) is 12.0 Å². The molecule has 108 valence electrons. The summed E-state index contributed by atoms with van der Waals surface area (Å²) in [5, 5.41) is 11.0. The zero-order valence-electron chi connectivity index (χ0n) is 11.4. The predicted octanol–water partition coefficient (Wildman–Crippen LogP) is 2.54. The van der Waals surface area contributed by atoms with Crippen molar-refractivity contribution in [1.29, 1.82) is 0 Å². The van der Waals surface area contributed by atoms with Crippen LogP contribution in [0.15, 0.2) is 41.1 Å². The number of hydrogen-bond acceptors (Lipinski definition) is 6. The predicted molar refractivity (Wildman–Crippen MR) is 77.4 cm³/mol. The van der Waals surface area contributed by atoms with Crippen LogP contribution in [0.25, 0.3) is 11.1 Å². The maximum atomic E-state index is 11.0. The third-order valence-corrected chi connectivity index (χ3v) is 2.87. The molecular formula is C15H9N3O4. The molecule has 0 aliphatic heterocycles. The largest absolute Gasteiger partial charge is 0.489 e. The van der Waals surface area contributed by atoms with Crippen LogP contribution in [0.2, 0.25) is 0 Å². The van der Waals surface area contributed by atoms with Crippen LogP contribution in [0.5, 0.6) is 5.75 Å². The highest BCUT2D eigenvalue weighted by atomic mass is 16.6. The molecule has 22 heavy (non-hydrogen) atoms. The first-order valence-electron chi connectivity index (χ1n) is 6.23. The van der Waals surface area contributed by atoms with E-state index in [0.29, 0.717) is 11.1 Å². The quantitative estimate of drug-likeness (QED) is 0.410. The lowest BCUT2D eigenvalue weighted by Crippen LogP contribution is -1.94. The first-order valence-corrected chi connectivity index (χ1v) is 6.23. The number of rotatable bonds is 2. The van der Waals surface area contributed by atoms with Gasteiger partial charge >= 0.3 is 5.69 Å². The van der Waals surface area contributed by atoms with Crippen LogP contribution in [0.1, 0.15) is 11.5 Å². The molecule has 0 amide bonds. The van der Waals surface area contributed by atoms with Crippen molar-refractivity contribution in [2.45, 2.75) is 0 Å². The first kappa shape index (κ1) is 13.6. The van der Waals surface area contributed by atoms with E-state index in [2.05, 4.69) is 21.8 Å². The summed E-state index contributed by atoms with van der Waals surface area (Å²) in [5.74, 6) is 5.82. The van der Waals surface area contributed by atoms with E-state index in [1.807, 2.05) is 0 Å². The minimum atomic E-state index is -0.534. The van der Waals surface area contributed by atoms with Crippen molar-refractivity contribution < 1.29 is 14.1 Å². The Morgan fingerprint density at radius 1 is 1.32 bits per heavy atom. The van der Waals surface area contributed by atoms with Gasteiger partial charge in [-0.25, -0.2) is 0 Å². The lowest BCUT2D eigenvalue weighted by Gasteiger charge is -2.00. The third kappa shape index (κ3) is 2.45. The van der Waals surface area contributed by atoms with Gasteiger partial charge in [-0.15, -0.1) is 0 Å². The van der Waals surface area contributed by atoms with Crippen LogP contribution in [-0.4, -0.2) is 22.0 Å². The minimum absolute atomic E-state index is 0.0562. The fourth-order valence-corrected chi connectivity index (χ4v) is 1.92. The topological polar surface area (TPSA) is 91.3 Å². The summed E-state index contributed by atoms with van der Waals surface area (Å²) in [6, 6.07) is 6.35. The summed E-state index contributed by atoms with van der Waals surface area (Å²) in [6.45, 7) is 0. The number of pyridine rings is 1. The molecule has 2 aromatic heterocycles. The Hall–Kier alpha value is -3.40. The number of hydrogen-bond donors (Lipinski definition) is 0. The average Bonchev–Trinajstić information content (AvgIpc) is 2.95. The number of ether oxygens (including phenoxy) is 1. The number of benzene rings is 1. The molecule has 3 aromatic rings.